The van der Waals surface area contributed by atoms with Crippen LogP contribution in [0.1, 0.15) is 15.9 Å². The number of methoxy groups -OCH3 is 3. The van der Waals surface area contributed by atoms with E-state index >= 15 is 0 Å². The van der Waals surface area contributed by atoms with Gasteiger partial charge in [-0.25, -0.2) is 10.3 Å². The van der Waals surface area contributed by atoms with Crippen LogP contribution in [0, 0.1) is 12.3 Å². The molecule has 6 heteroatoms. The van der Waals surface area contributed by atoms with Gasteiger partial charge in [-0.2, -0.15) is 0 Å². The van der Waals surface area contributed by atoms with Crippen molar-refractivity contribution in [2.75, 3.05) is 26.8 Å². The first-order chi connectivity index (χ1) is 11.6. The van der Waals surface area contributed by atoms with E-state index in [0.717, 1.165) is 5.56 Å². The Hall–Kier alpha value is -3.33. The van der Waals surface area contributed by atoms with Crippen LogP contribution in [0.25, 0.3) is 0 Å². The van der Waals surface area contributed by atoms with Crippen LogP contribution < -0.4 is 19.7 Å². The number of benzene rings is 2. The lowest BCUT2D eigenvalue weighted by atomic mass is 10.1. The molecule has 1 N–H and O–H groups in total. The van der Waals surface area contributed by atoms with Crippen molar-refractivity contribution < 1.29 is 23.8 Å². The van der Waals surface area contributed by atoms with E-state index in [1.54, 1.807) is 30.3 Å². The summed E-state index contributed by atoms with van der Waals surface area (Å²) in [4.78, 5) is 17.4. The van der Waals surface area contributed by atoms with Crippen molar-refractivity contribution in [1.29, 1.82) is 0 Å². The maximum absolute atomic E-state index is 12.3. The highest BCUT2D eigenvalue weighted by atomic mass is 16.7. The zero-order valence-electron chi connectivity index (χ0n) is 13.6. The molecular formula is C18H17NO5. The lowest BCUT2D eigenvalue weighted by molar-refractivity contribution is 0.0592. The lowest BCUT2D eigenvalue weighted by Crippen LogP contribution is -2.12. The van der Waals surface area contributed by atoms with Crippen molar-refractivity contribution >= 4 is 11.7 Å². The Morgan fingerprint density at radius 1 is 0.958 bits per heavy atom. The smallest absolute Gasteiger partial charge is 0.366 e. The summed E-state index contributed by atoms with van der Waals surface area (Å²) in [6, 6.07) is 9.91. The molecule has 0 aliphatic heterocycles. The molecule has 0 amide bonds. The molecule has 124 valence electrons. The van der Waals surface area contributed by atoms with E-state index in [1.807, 2.05) is 0 Å². The first-order valence-corrected chi connectivity index (χ1v) is 6.96. The SMILES string of the molecule is C#Cc1ccc(NOC(=O)c2cc(OC)c(OC)cc2OC)cc1. The van der Waals surface area contributed by atoms with Crippen molar-refractivity contribution in [3.63, 3.8) is 0 Å². The number of carbonyl (C=O) groups excluding carboxylic acids is 1. The molecule has 0 fully saturated rings. The molecule has 0 unspecified atom stereocenters. The number of ether oxygens (including phenoxy) is 3. The molecule has 0 saturated carbocycles. The van der Waals surface area contributed by atoms with Crippen LogP contribution >= 0.6 is 0 Å². The van der Waals surface area contributed by atoms with E-state index in [1.165, 1.54) is 27.4 Å². The van der Waals surface area contributed by atoms with E-state index in [0.29, 0.717) is 22.9 Å². The Kier molecular flexibility index (Phi) is 5.53. The fourth-order valence-electron chi connectivity index (χ4n) is 1.98. The van der Waals surface area contributed by atoms with Gasteiger partial charge in [-0.15, -0.1) is 6.42 Å². The third kappa shape index (κ3) is 3.70. The maximum atomic E-state index is 12.3. The van der Waals surface area contributed by atoms with Gasteiger partial charge in [0.15, 0.2) is 11.5 Å². The van der Waals surface area contributed by atoms with E-state index in [4.69, 9.17) is 25.5 Å². The van der Waals surface area contributed by atoms with Gasteiger partial charge in [0, 0.05) is 17.7 Å². The molecule has 0 saturated heterocycles. The number of terminal acetylenes is 1. The van der Waals surface area contributed by atoms with Crippen LogP contribution in [0.2, 0.25) is 0 Å². The topological polar surface area (TPSA) is 66.0 Å². The first-order valence-electron chi connectivity index (χ1n) is 6.96. The summed E-state index contributed by atoms with van der Waals surface area (Å²) >= 11 is 0. The Morgan fingerprint density at radius 3 is 2.08 bits per heavy atom. The van der Waals surface area contributed by atoms with E-state index in [2.05, 4.69) is 11.4 Å². The summed E-state index contributed by atoms with van der Waals surface area (Å²) in [6.07, 6.45) is 5.29. The summed E-state index contributed by atoms with van der Waals surface area (Å²) in [5.41, 5.74) is 4.08. The summed E-state index contributed by atoms with van der Waals surface area (Å²) < 4.78 is 15.6. The molecule has 2 aromatic rings. The van der Waals surface area contributed by atoms with Gasteiger partial charge in [-0.3, -0.25) is 0 Å². The number of carbonyl (C=O) groups is 1. The predicted octanol–water partition coefficient (Wildman–Crippen LogP) is 2.88. The van der Waals surface area contributed by atoms with Crippen LogP contribution in [-0.2, 0) is 4.84 Å². The minimum Gasteiger partial charge on any atom is -0.496 e. The Balaban J connectivity index is 2.17. The molecule has 0 aromatic heterocycles. The third-order valence-electron chi connectivity index (χ3n) is 3.24. The highest BCUT2D eigenvalue weighted by Gasteiger charge is 2.19. The number of anilines is 1. The quantitative estimate of drug-likeness (QED) is 0.650. The zero-order valence-corrected chi connectivity index (χ0v) is 13.6. The van der Waals surface area contributed by atoms with Gasteiger partial charge in [0.1, 0.15) is 11.3 Å². The zero-order chi connectivity index (χ0) is 17.5. The van der Waals surface area contributed by atoms with Crippen LogP contribution in [0.5, 0.6) is 17.2 Å². The minimum absolute atomic E-state index is 0.197. The molecular weight excluding hydrogens is 310 g/mol. The second-order valence-electron chi connectivity index (χ2n) is 4.62. The monoisotopic (exact) mass is 327 g/mol. The van der Waals surface area contributed by atoms with Gasteiger partial charge < -0.3 is 19.0 Å². The van der Waals surface area contributed by atoms with Crippen molar-refractivity contribution in [3.8, 4) is 29.6 Å². The number of nitrogens with one attached hydrogen (secondary N) is 1. The van der Waals surface area contributed by atoms with Gasteiger partial charge >= 0.3 is 5.97 Å². The fraction of sp³-hybridized carbons (Fsp3) is 0.167. The largest absolute Gasteiger partial charge is 0.496 e. The first kappa shape index (κ1) is 17.0. The molecule has 2 rings (SSSR count). The summed E-state index contributed by atoms with van der Waals surface area (Å²) in [5, 5.41) is 0. The summed E-state index contributed by atoms with van der Waals surface area (Å²) in [7, 11) is 4.42. The maximum Gasteiger partial charge on any atom is 0.366 e. The van der Waals surface area contributed by atoms with Gasteiger partial charge in [-0.1, -0.05) is 5.92 Å². The highest BCUT2D eigenvalue weighted by molar-refractivity contribution is 5.94. The van der Waals surface area contributed by atoms with Gasteiger partial charge in [0.05, 0.1) is 27.0 Å². The Morgan fingerprint density at radius 2 is 1.54 bits per heavy atom. The van der Waals surface area contributed by atoms with Crippen molar-refractivity contribution in [1.82, 2.24) is 0 Å². The normalized spacial score (nSPS) is 9.58. The third-order valence-corrected chi connectivity index (χ3v) is 3.24. The van der Waals surface area contributed by atoms with Gasteiger partial charge in [0.2, 0.25) is 0 Å². The van der Waals surface area contributed by atoms with Crippen LogP contribution in [0.15, 0.2) is 36.4 Å². The Labute approximate surface area is 140 Å². The summed E-state index contributed by atoms with van der Waals surface area (Å²) in [5.74, 6) is 3.02. The van der Waals surface area contributed by atoms with Crippen LogP contribution in [0.4, 0.5) is 5.69 Å². The molecule has 0 bridgehead atoms. The van der Waals surface area contributed by atoms with Gasteiger partial charge in [0.25, 0.3) is 0 Å². The predicted molar refractivity (Wildman–Crippen MR) is 89.5 cm³/mol. The second-order valence-corrected chi connectivity index (χ2v) is 4.62. The summed E-state index contributed by atoms with van der Waals surface area (Å²) in [6.45, 7) is 0. The fourth-order valence-corrected chi connectivity index (χ4v) is 1.98. The molecule has 2 aromatic carbocycles. The average Bonchev–Trinajstić information content (AvgIpc) is 2.65. The van der Waals surface area contributed by atoms with E-state index < -0.39 is 5.97 Å². The lowest BCUT2D eigenvalue weighted by Gasteiger charge is -2.13. The van der Waals surface area contributed by atoms with Crippen molar-refractivity contribution in [2.45, 2.75) is 0 Å². The molecule has 0 aliphatic rings. The Bertz CT molecular complexity index is 762. The number of rotatable bonds is 6. The van der Waals surface area contributed by atoms with E-state index in [-0.39, 0.29) is 5.56 Å². The number of hydrogen-bond acceptors (Lipinski definition) is 6. The molecule has 0 radical (unpaired) electrons. The second kappa shape index (κ2) is 7.79. The molecule has 24 heavy (non-hydrogen) atoms. The molecule has 0 spiro atoms. The molecule has 6 nitrogen and oxygen atoms in total. The average molecular weight is 327 g/mol. The van der Waals surface area contributed by atoms with Crippen molar-refractivity contribution in [2.24, 2.45) is 0 Å². The number of hydrogen-bond donors (Lipinski definition) is 1. The van der Waals surface area contributed by atoms with Crippen LogP contribution in [-0.4, -0.2) is 27.3 Å². The van der Waals surface area contributed by atoms with Crippen molar-refractivity contribution in [3.05, 3.63) is 47.5 Å². The standard InChI is InChI=1S/C18H17NO5/c1-5-12-6-8-13(9-7-12)19-24-18(20)14-10-16(22-3)17(23-4)11-15(14)21-2/h1,6-11,19H,2-4H3. The molecule has 0 heterocycles. The highest BCUT2D eigenvalue weighted by Crippen LogP contribution is 2.34. The molecule has 0 aliphatic carbocycles. The van der Waals surface area contributed by atoms with E-state index in [9.17, 15) is 4.79 Å². The molecule has 0 atom stereocenters. The van der Waals surface area contributed by atoms with Crippen LogP contribution in [0.3, 0.4) is 0 Å². The van der Waals surface area contributed by atoms with Gasteiger partial charge in [-0.05, 0) is 24.3 Å². The minimum atomic E-state index is -0.631.